The predicted molar refractivity (Wildman–Crippen MR) is 202 cm³/mol. The lowest BCUT2D eigenvalue weighted by atomic mass is 9.88. The van der Waals surface area contributed by atoms with Crippen molar-refractivity contribution in [3.8, 4) is 55.6 Å². The zero-order valence-corrected chi connectivity index (χ0v) is 27.5. The third kappa shape index (κ3) is 5.73. The molecule has 0 aliphatic heterocycles. The van der Waals surface area contributed by atoms with E-state index in [1.165, 1.54) is 77.9 Å². The van der Waals surface area contributed by atoms with Gasteiger partial charge in [-0.25, -0.2) is 0 Å². The summed E-state index contributed by atoms with van der Waals surface area (Å²) in [5, 5.41) is 0. The third-order valence-electron chi connectivity index (χ3n) is 9.73. The van der Waals surface area contributed by atoms with E-state index in [9.17, 15) is 0 Å². The van der Waals surface area contributed by atoms with Gasteiger partial charge in [0, 0.05) is 4.90 Å². The van der Waals surface area contributed by atoms with E-state index in [-0.39, 0.29) is 0 Å². The molecular formula is C46H36S. The summed E-state index contributed by atoms with van der Waals surface area (Å²) >= 11 is 4.72. The van der Waals surface area contributed by atoms with Crippen LogP contribution in [0.4, 0.5) is 0 Å². The van der Waals surface area contributed by atoms with Gasteiger partial charge in [-0.05, 0) is 128 Å². The van der Waals surface area contributed by atoms with Crippen LogP contribution in [0, 0.1) is 6.92 Å². The predicted octanol–water partition coefficient (Wildman–Crippen LogP) is 12.3. The summed E-state index contributed by atoms with van der Waals surface area (Å²) in [7, 11) is 0. The molecule has 226 valence electrons. The molecule has 8 rings (SSSR count). The molecule has 1 aliphatic rings. The molecule has 0 amide bonds. The summed E-state index contributed by atoms with van der Waals surface area (Å²) in [4.78, 5) is 0.994. The van der Waals surface area contributed by atoms with E-state index >= 15 is 0 Å². The Morgan fingerprint density at radius 2 is 1.06 bits per heavy atom. The lowest BCUT2D eigenvalue weighted by Gasteiger charge is -2.16. The van der Waals surface area contributed by atoms with Crippen LogP contribution in [0.1, 0.15) is 27.8 Å². The molecule has 47 heavy (non-hydrogen) atoms. The smallest absolute Gasteiger partial charge is 0.0119 e. The molecule has 0 spiro atoms. The normalized spacial score (nSPS) is 11.7. The van der Waals surface area contributed by atoms with E-state index < -0.39 is 0 Å². The Morgan fingerprint density at radius 3 is 1.79 bits per heavy atom. The van der Waals surface area contributed by atoms with Crippen LogP contribution < -0.4 is 0 Å². The second kappa shape index (κ2) is 12.6. The molecule has 0 unspecified atom stereocenters. The molecule has 0 saturated carbocycles. The van der Waals surface area contributed by atoms with Crippen LogP contribution in [-0.2, 0) is 19.3 Å². The highest BCUT2D eigenvalue weighted by Crippen LogP contribution is 2.46. The number of hydrogen-bond acceptors (Lipinski definition) is 1. The average molecular weight is 621 g/mol. The molecule has 0 N–H and O–H groups in total. The summed E-state index contributed by atoms with van der Waals surface area (Å²) in [6, 6.07) is 57.8. The van der Waals surface area contributed by atoms with E-state index in [4.69, 9.17) is 12.6 Å². The second-order valence-electron chi connectivity index (χ2n) is 12.7. The van der Waals surface area contributed by atoms with Crippen molar-refractivity contribution in [1.82, 2.24) is 0 Å². The Bertz CT molecular complexity index is 2210. The van der Waals surface area contributed by atoms with Crippen molar-refractivity contribution >= 4 is 12.6 Å². The highest BCUT2D eigenvalue weighted by atomic mass is 32.1. The van der Waals surface area contributed by atoms with Gasteiger partial charge in [0.05, 0.1) is 0 Å². The highest BCUT2D eigenvalue weighted by Gasteiger charge is 2.25. The summed E-state index contributed by atoms with van der Waals surface area (Å²) in [5.74, 6) is 0. The van der Waals surface area contributed by atoms with E-state index in [0.29, 0.717) is 0 Å². The standard InChI is InChI=1S/C46H36S/c1-31-10-5-6-15-40(31)34-24-26-36(27-25-34)42-29-39(33-20-22-35(23-21-33)41-16-7-8-17-45(41)47)30-44-43(42)28-38-14-9-13-37(46(38)44)19-18-32-11-3-2-4-12-32/h2-17,20-27,29-30,47H,18-19,28H2,1H3. The summed E-state index contributed by atoms with van der Waals surface area (Å²) in [6.07, 6.45) is 3.01. The fourth-order valence-corrected chi connectivity index (χ4v) is 7.55. The molecule has 7 aromatic carbocycles. The molecule has 0 fully saturated rings. The molecule has 0 radical (unpaired) electrons. The molecule has 0 bridgehead atoms. The van der Waals surface area contributed by atoms with E-state index in [1.54, 1.807) is 0 Å². The second-order valence-corrected chi connectivity index (χ2v) is 13.1. The Morgan fingerprint density at radius 1 is 0.468 bits per heavy atom. The van der Waals surface area contributed by atoms with Gasteiger partial charge in [0.25, 0.3) is 0 Å². The number of aryl methyl sites for hydroxylation is 3. The first-order chi connectivity index (χ1) is 23.1. The number of rotatable bonds is 7. The molecule has 0 saturated heterocycles. The van der Waals surface area contributed by atoms with E-state index in [2.05, 4.69) is 159 Å². The molecule has 0 heterocycles. The zero-order chi connectivity index (χ0) is 31.7. The van der Waals surface area contributed by atoms with Crippen molar-refractivity contribution < 1.29 is 0 Å². The van der Waals surface area contributed by atoms with Crippen molar-refractivity contribution in [2.24, 2.45) is 0 Å². The van der Waals surface area contributed by atoms with Gasteiger partial charge >= 0.3 is 0 Å². The largest absolute Gasteiger partial charge is 0.143 e. The summed E-state index contributed by atoms with van der Waals surface area (Å²) in [5.41, 5.74) is 19.7. The first-order valence-electron chi connectivity index (χ1n) is 16.5. The summed E-state index contributed by atoms with van der Waals surface area (Å²) < 4.78 is 0. The van der Waals surface area contributed by atoms with Gasteiger partial charge < -0.3 is 0 Å². The first kappa shape index (κ1) is 29.3. The SMILES string of the molecule is Cc1ccccc1-c1ccc(-c2cc(-c3ccc(-c4ccccc4S)cc3)cc3c2Cc2cccc(CCc4ccccc4)c2-3)cc1. The molecule has 0 nitrogen and oxygen atoms in total. The monoisotopic (exact) mass is 620 g/mol. The van der Waals surface area contributed by atoms with Crippen molar-refractivity contribution in [2.45, 2.75) is 31.1 Å². The van der Waals surface area contributed by atoms with Gasteiger partial charge in [0.15, 0.2) is 0 Å². The molecule has 7 aromatic rings. The van der Waals surface area contributed by atoms with Crippen molar-refractivity contribution in [3.63, 3.8) is 0 Å². The van der Waals surface area contributed by atoms with Gasteiger partial charge in [-0.2, -0.15) is 0 Å². The Labute approximate surface area is 283 Å². The molecule has 0 atom stereocenters. The minimum Gasteiger partial charge on any atom is -0.143 e. The Hall–Kier alpha value is -5.11. The highest BCUT2D eigenvalue weighted by molar-refractivity contribution is 7.80. The minimum absolute atomic E-state index is 0.955. The van der Waals surface area contributed by atoms with Crippen molar-refractivity contribution in [2.75, 3.05) is 0 Å². The Balaban J connectivity index is 1.24. The van der Waals surface area contributed by atoms with Crippen LogP contribution in [0.3, 0.4) is 0 Å². The van der Waals surface area contributed by atoms with Crippen LogP contribution >= 0.6 is 12.6 Å². The van der Waals surface area contributed by atoms with E-state index in [0.717, 1.165) is 29.7 Å². The molecular weight excluding hydrogens is 585 g/mol. The quantitative estimate of drug-likeness (QED) is 0.168. The van der Waals surface area contributed by atoms with Gasteiger partial charge in [-0.15, -0.1) is 12.6 Å². The zero-order valence-electron chi connectivity index (χ0n) is 26.6. The number of hydrogen-bond donors (Lipinski definition) is 1. The summed E-state index contributed by atoms with van der Waals surface area (Å²) in [6.45, 7) is 2.19. The molecule has 0 aromatic heterocycles. The van der Waals surface area contributed by atoms with Crippen LogP contribution in [0.2, 0.25) is 0 Å². The minimum atomic E-state index is 0.955. The fourth-order valence-electron chi connectivity index (χ4n) is 7.26. The van der Waals surface area contributed by atoms with E-state index in [1.807, 2.05) is 6.07 Å². The van der Waals surface area contributed by atoms with Gasteiger partial charge in [0.1, 0.15) is 0 Å². The topological polar surface area (TPSA) is 0 Å². The number of thiol groups is 1. The van der Waals surface area contributed by atoms with Crippen LogP contribution in [0.15, 0.2) is 163 Å². The maximum Gasteiger partial charge on any atom is 0.0119 e. The van der Waals surface area contributed by atoms with Crippen LogP contribution in [0.5, 0.6) is 0 Å². The number of fused-ring (bicyclic) bond motifs is 3. The van der Waals surface area contributed by atoms with Crippen molar-refractivity contribution in [3.05, 3.63) is 186 Å². The lowest BCUT2D eigenvalue weighted by Crippen LogP contribution is -1.95. The molecule has 1 heteroatoms. The van der Waals surface area contributed by atoms with Crippen molar-refractivity contribution in [1.29, 1.82) is 0 Å². The maximum atomic E-state index is 4.72. The lowest BCUT2D eigenvalue weighted by molar-refractivity contribution is 0.961. The fraction of sp³-hybridized carbons (Fsp3) is 0.0870. The number of benzene rings is 7. The average Bonchev–Trinajstić information content (AvgIpc) is 3.51. The van der Waals surface area contributed by atoms with Crippen LogP contribution in [0.25, 0.3) is 55.6 Å². The van der Waals surface area contributed by atoms with Gasteiger partial charge in [-0.3, -0.25) is 0 Å². The van der Waals surface area contributed by atoms with Crippen LogP contribution in [-0.4, -0.2) is 0 Å². The Kier molecular flexibility index (Phi) is 7.85. The molecule has 1 aliphatic carbocycles. The van der Waals surface area contributed by atoms with Gasteiger partial charge in [-0.1, -0.05) is 140 Å². The third-order valence-corrected chi connectivity index (χ3v) is 10.1. The first-order valence-corrected chi connectivity index (χ1v) is 16.9. The van der Waals surface area contributed by atoms with Gasteiger partial charge in [0.2, 0.25) is 0 Å². The maximum absolute atomic E-state index is 4.72.